The first-order valence-electron chi connectivity index (χ1n) is 16.8. The van der Waals surface area contributed by atoms with Crippen molar-refractivity contribution in [3.8, 4) is 0 Å². The smallest absolute Gasteiger partial charge is 0.316 e. The lowest BCUT2D eigenvalue weighted by molar-refractivity contribution is -0.313. The van der Waals surface area contributed by atoms with Gasteiger partial charge in [0.25, 0.3) is 0 Å². The van der Waals surface area contributed by atoms with Crippen molar-refractivity contribution in [3.05, 3.63) is 58.7 Å². The fraction of sp³-hybridized carbons (Fsp3) is 0.676. The summed E-state index contributed by atoms with van der Waals surface area (Å²) < 4.78 is 26.0. The predicted molar refractivity (Wildman–Crippen MR) is 176 cm³/mol. The molecule has 2 bridgehead atoms. The van der Waals surface area contributed by atoms with E-state index in [0.717, 1.165) is 17.7 Å². The maximum absolute atomic E-state index is 14.2. The van der Waals surface area contributed by atoms with Crippen LogP contribution in [-0.2, 0) is 28.6 Å². The number of allylic oxidation sites excluding steroid dienone is 5. The molecule has 0 aromatic rings. The first kappa shape index (κ1) is 34.8. The van der Waals surface area contributed by atoms with Gasteiger partial charge in [-0.15, -0.1) is 0 Å². The summed E-state index contributed by atoms with van der Waals surface area (Å²) in [4.78, 5) is 19.4. The number of hydrogen-bond acceptors (Lipinski definition) is 9. The summed E-state index contributed by atoms with van der Waals surface area (Å²) in [5, 5.41) is 27.6. The number of ether oxygens (including phenoxy) is 4. The molecule has 5 aliphatic rings. The van der Waals surface area contributed by atoms with Crippen LogP contribution < -0.4 is 0 Å². The topological polar surface area (TPSA) is 116 Å². The van der Waals surface area contributed by atoms with Crippen LogP contribution in [0.4, 0.5) is 0 Å². The number of fused-ring (bicyclic) bond motifs is 2. The van der Waals surface area contributed by atoms with Gasteiger partial charge < -0.3 is 34.0 Å². The normalized spacial score (nSPS) is 44.5. The minimum Gasteiger partial charge on any atom is -0.462 e. The van der Waals surface area contributed by atoms with Crippen LogP contribution in [0.15, 0.2) is 63.9 Å². The standard InChI is InChI=1S/C37H53NO8/c1-21(2)14-25(6)33-26(7)31(38-42-8)19-36(46-33)18-29-17-28(45-36)13-12-23(4)15-22(3)10-9-11-27-20-43-34-32(39)24(5)16-30(35(40)44-29)37(27,34)41/h9-12,14,16,21-22,26,28-30,32-34,39,41H,13,15,17-20H2,1-8H3/b10-9+,23-12+,25-14+,27-11+,38-31-/t22-,26-,28+,29-,30-,32+,33?,34+,36-,37+/m0/s1. The number of nitrogens with zero attached hydrogens (tertiary/aromatic N) is 1. The Labute approximate surface area is 274 Å². The second kappa shape index (κ2) is 13.9. The van der Waals surface area contributed by atoms with Crippen LogP contribution in [0.5, 0.6) is 0 Å². The number of oxime groups is 1. The molecule has 46 heavy (non-hydrogen) atoms. The molecule has 10 atom stereocenters. The molecule has 1 spiro atoms. The number of carbonyl (C=O) groups is 1. The Morgan fingerprint density at radius 1 is 1.20 bits per heavy atom. The van der Waals surface area contributed by atoms with Crippen molar-refractivity contribution in [2.24, 2.45) is 28.8 Å². The summed E-state index contributed by atoms with van der Waals surface area (Å²) in [5.74, 6) is -2.15. The van der Waals surface area contributed by atoms with Gasteiger partial charge in [-0.25, -0.2) is 0 Å². The molecule has 2 N–H and O–H groups in total. The SMILES string of the molecule is CO/N=C1/C[C@]2(C[C@@H]3C[C@@H](C/C=C(\C)C[C@@H](C)/C=C/C=C4\CO[C@@H]5[C@H](O)C(C)=C[C@@H](C(=O)O3)[C@]45O)O2)OC(/C(C)=C/C(C)C)[C@H]1C. The average molecular weight is 640 g/mol. The highest BCUT2D eigenvalue weighted by molar-refractivity contribution is 5.88. The highest BCUT2D eigenvalue weighted by atomic mass is 16.7. The summed E-state index contributed by atoms with van der Waals surface area (Å²) in [6.45, 7) is 14.6. The van der Waals surface area contributed by atoms with Crippen molar-refractivity contribution in [1.29, 1.82) is 0 Å². The second-order valence-corrected chi connectivity index (χ2v) is 14.5. The number of aliphatic hydroxyl groups is 2. The fourth-order valence-corrected chi connectivity index (χ4v) is 7.94. The van der Waals surface area contributed by atoms with Crippen molar-refractivity contribution in [2.75, 3.05) is 13.7 Å². The van der Waals surface area contributed by atoms with E-state index in [-0.39, 0.29) is 30.7 Å². The van der Waals surface area contributed by atoms with E-state index >= 15 is 0 Å². The number of esters is 1. The average Bonchev–Trinajstić information content (AvgIpc) is 3.31. The van der Waals surface area contributed by atoms with E-state index in [9.17, 15) is 15.0 Å². The van der Waals surface area contributed by atoms with Crippen molar-refractivity contribution in [2.45, 2.75) is 122 Å². The van der Waals surface area contributed by atoms with Gasteiger partial charge in [-0.1, -0.05) is 74.9 Å². The molecule has 0 amide bonds. The van der Waals surface area contributed by atoms with Crippen LogP contribution in [0, 0.1) is 23.7 Å². The fourth-order valence-electron chi connectivity index (χ4n) is 7.94. The van der Waals surface area contributed by atoms with E-state index in [1.807, 2.05) is 12.2 Å². The summed E-state index contributed by atoms with van der Waals surface area (Å²) >= 11 is 0. The highest BCUT2D eigenvalue weighted by Crippen LogP contribution is 2.47. The lowest BCUT2D eigenvalue weighted by atomic mass is 9.71. The van der Waals surface area contributed by atoms with E-state index in [4.69, 9.17) is 23.8 Å². The maximum atomic E-state index is 14.2. The van der Waals surface area contributed by atoms with Crippen molar-refractivity contribution < 1.29 is 38.8 Å². The molecule has 4 aliphatic heterocycles. The van der Waals surface area contributed by atoms with E-state index < -0.39 is 41.6 Å². The van der Waals surface area contributed by atoms with Gasteiger partial charge in [-0.3, -0.25) is 4.79 Å². The Kier molecular flexibility index (Phi) is 10.5. The van der Waals surface area contributed by atoms with E-state index in [1.165, 1.54) is 5.57 Å². The molecule has 9 nitrogen and oxygen atoms in total. The molecule has 0 saturated carbocycles. The maximum Gasteiger partial charge on any atom is 0.316 e. The summed E-state index contributed by atoms with van der Waals surface area (Å²) in [7, 11) is 1.55. The lowest BCUT2D eigenvalue weighted by Gasteiger charge is -2.50. The van der Waals surface area contributed by atoms with Crippen molar-refractivity contribution >= 4 is 11.7 Å². The highest BCUT2D eigenvalue weighted by Gasteiger charge is 2.60. The Morgan fingerprint density at radius 3 is 2.67 bits per heavy atom. The molecule has 1 aliphatic carbocycles. The van der Waals surface area contributed by atoms with Gasteiger partial charge in [0.1, 0.15) is 36.9 Å². The van der Waals surface area contributed by atoms with Crippen LogP contribution in [0.1, 0.15) is 80.6 Å². The molecule has 0 aromatic heterocycles. The zero-order chi connectivity index (χ0) is 33.4. The van der Waals surface area contributed by atoms with Crippen LogP contribution in [0.25, 0.3) is 0 Å². The lowest BCUT2D eigenvalue weighted by Crippen LogP contribution is -2.59. The molecule has 1 unspecified atom stereocenters. The number of rotatable bonds is 3. The number of carbonyl (C=O) groups excluding carboxylic acids is 1. The van der Waals surface area contributed by atoms with Gasteiger partial charge in [0.05, 0.1) is 24.5 Å². The van der Waals surface area contributed by atoms with Gasteiger partial charge in [-0.05, 0) is 62.2 Å². The largest absolute Gasteiger partial charge is 0.462 e. The minimum atomic E-state index is -1.74. The zero-order valence-electron chi connectivity index (χ0n) is 28.7. The van der Waals surface area contributed by atoms with Crippen LogP contribution >= 0.6 is 0 Å². The third kappa shape index (κ3) is 6.99. The predicted octanol–water partition coefficient (Wildman–Crippen LogP) is 5.73. The molecule has 4 heterocycles. The first-order valence-corrected chi connectivity index (χ1v) is 16.8. The molecule has 3 saturated heterocycles. The third-order valence-corrected chi connectivity index (χ3v) is 10.1. The van der Waals surface area contributed by atoms with E-state index in [2.05, 4.69) is 64.9 Å². The first-order chi connectivity index (χ1) is 21.8. The molecular weight excluding hydrogens is 586 g/mol. The molecule has 5 rings (SSSR count). The third-order valence-electron chi connectivity index (χ3n) is 10.1. The number of aliphatic hydroxyl groups excluding tert-OH is 1. The quantitative estimate of drug-likeness (QED) is 0.229. The Balaban J connectivity index is 1.55. The van der Waals surface area contributed by atoms with Crippen LogP contribution in [-0.4, -0.2) is 77.5 Å². The van der Waals surface area contributed by atoms with Crippen molar-refractivity contribution in [3.63, 3.8) is 0 Å². The van der Waals surface area contributed by atoms with Gasteiger partial charge >= 0.3 is 5.97 Å². The minimum absolute atomic E-state index is 0.0340. The Bertz CT molecular complexity index is 1340. The molecule has 9 heteroatoms. The van der Waals surface area contributed by atoms with Gasteiger partial charge in [0.15, 0.2) is 5.79 Å². The van der Waals surface area contributed by atoms with Crippen molar-refractivity contribution in [1.82, 2.24) is 0 Å². The van der Waals surface area contributed by atoms with E-state index in [0.29, 0.717) is 42.7 Å². The summed E-state index contributed by atoms with van der Waals surface area (Å²) in [6, 6.07) is 0. The molecule has 3 fully saturated rings. The van der Waals surface area contributed by atoms with Gasteiger partial charge in [-0.2, -0.15) is 0 Å². The van der Waals surface area contributed by atoms with Crippen LogP contribution in [0.3, 0.4) is 0 Å². The summed E-state index contributed by atoms with van der Waals surface area (Å²) in [5.41, 5.74) is 2.54. The molecule has 0 radical (unpaired) electrons. The molecule has 254 valence electrons. The Morgan fingerprint density at radius 2 is 1.96 bits per heavy atom. The zero-order valence-corrected chi connectivity index (χ0v) is 28.7. The van der Waals surface area contributed by atoms with Gasteiger partial charge in [0, 0.05) is 25.2 Å². The molecular formula is C37H53NO8. The monoisotopic (exact) mass is 639 g/mol. The summed E-state index contributed by atoms with van der Waals surface area (Å²) in [6.07, 6.45) is 11.4. The molecule has 0 aromatic carbocycles. The number of hydrogen-bond donors (Lipinski definition) is 2. The van der Waals surface area contributed by atoms with Gasteiger partial charge in [0.2, 0.25) is 0 Å². The Hall–Kier alpha value is -2.56. The van der Waals surface area contributed by atoms with Crippen LogP contribution in [0.2, 0.25) is 0 Å². The second-order valence-electron chi connectivity index (χ2n) is 14.5. The van der Waals surface area contributed by atoms with E-state index in [1.54, 1.807) is 20.1 Å².